The first kappa shape index (κ1) is 16.0. The minimum absolute atomic E-state index is 0.247. The fourth-order valence-corrected chi connectivity index (χ4v) is 3.36. The molecular weight excluding hydrogens is 309 g/mol. The fraction of sp³-hybridized carbons (Fsp3) is 0.250. The van der Waals surface area contributed by atoms with E-state index < -0.39 is 0 Å². The van der Waals surface area contributed by atoms with Crippen molar-refractivity contribution < 1.29 is 9.13 Å². The van der Waals surface area contributed by atoms with Crippen LogP contribution in [0.4, 0.5) is 10.1 Å². The van der Waals surface area contributed by atoms with E-state index >= 15 is 0 Å². The van der Waals surface area contributed by atoms with Crippen LogP contribution in [0.3, 0.4) is 0 Å². The van der Waals surface area contributed by atoms with Crippen molar-refractivity contribution in [2.45, 2.75) is 23.5 Å². The molecule has 21 heavy (non-hydrogen) atoms. The summed E-state index contributed by atoms with van der Waals surface area (Å²) in [6.07, 6.45) is 0. The maximum atomic E-state index is 13.4. The molecule has 2 N–H and O–H groups in total. The summed E-state index contributed by atoms with van der Waals surface area (Å²) >= 11 is 7.56. The lowest BCUT2D eigenvalue weighted by Crippen LogP contribution is -2.12. The lowest BCUT2D eigenvalue weighted by atomic mass is 10.0. The second kappa shape index (κ2) is 6.16. The molecule has 2 rings (SSSR count). The standard InChI is InChI=1S/C16H17ClFNOS/c1-16(2,10-5-4-6-11(18)7-10)21-15-9-13(19)12(17)8-14(15)20-3/h4-9H,19H2,1-3H3. The van der Waals surface area contributed by atoms with Crippen molar-refractivity contribution >= 4 is 29.1 Å². The fourth-order valence-electron chi connectivity index (χ4n) is 1.99. The molecule has 0 saturated heterocycles. The first-order valence-corrected chi connectivity index (χ1v) is 7.61. The Morgan fingerprint density at radius 2 is 1.95 bits per heavy atom. The van der Waals surface area contributed by atoms with Crippen LogP contribution in [0.15, 0.2) is 41.3 Å². The molecule has 2 aromatic carbocycles. The van der Waals surface area contributed by atoms with Crippen LogP contribution in [0.2, 0.25) is 5.02 Å². The van der Waals surface area contributed by atoms with Gasteiger partial charge in [0.15, 0.2) is 0 Å². The average molecular weight is 326 g/mol. The Morgan fingerprint density at radius 1 is 1.24 bits per heavy atom. The van der Waals surface area contributed by atoms with Gasteiger partial charge in [-0.1, -0.05) is 23.7 Å². The van der Waals surface area contributed by atoms with Gasteiger partial charge in [0, 0.05) is 10.8 Å². The summed E-state index contributed by atoms with van der Waals surface area (Å²) in [5.74, 6) is 0.410. The predicted molar refractivity (Wildman–Crippen MR) is 87.7 cm³/mol. The van der Waals surface area contributed by atoms with Gasteiger partial charge in [-0.3, -0.25) is 0 Å². The number of benzene rings is 2. The molecule has 0 bridgehead atoms. The topological polar surface area (TPSA) is 35.2 Å². The second-order valence-corrected chi connectivity index (χ2v) is 7.22. The number of methoxy groups -OCH3 is 1. The maximum absolute atomic E-state index is 13.4. The highest BCUT2D eigenvalue weighted by atomic mass is 35.5. The van der Waals surface area contributed by atoms with Crippen molar-refractivity contribution in [3.63, 3.8) is 0 Å². The number of thioether (sulfide) groups is 1. The predicted octanol–water partition coefficient (Wildman–Crippen LogP) is 5.10. The molecule has 0 saturated carbocycles. The Kier molecular flexibility index (Phi) is 4.69. The SMILES string of the molecule is COc1cc(Cl)c(N)cc1SC(C)(C)c1cccc(F)c1. The van der Waals surface area contributed by atoms with Crippen LogP contribution < -0.4 is 10.5 Å². The van der Waals surface area contributed by atoms with Crippen LogP contribution in [-0.2, 0) is 4.75 Å². The Morgan fingerprint density at radius 3 is 2.57 bits per heavy atom. The molecule has 0 atom stereocenters. The van der Waals surface area contributed by atoms with Crippen molar-refractivity contribution in [3.05, 3.63) is 52.8 Å². The molecule has 0 aliphatic carbocycles. The van der Waals surface area contributed by atoms with E-state index in [4.69, 9.17) is 22.1 Å². The van der Waals surface area contributed by atoms with Crippen LogP contribution in [-0.4, -0.2) is 7.11 Å². The summed E-state index contributed by atoms with van der Waals surface area (Å²) < 4.78 is 18.4. The normalized spacial score (nSPS) is 11.5. The monoisotopic (exact) mass is 325 g/mol. The Balaban J connectivity index is 2.38. The molecule has 0 amide bonds. The minimum atomic E-state index is -0.338. The highest BCUT2D eigenvalue weighted by molar-refractivity contribution is 8.00. The summed E-state index contributed by atoms with van der Waals surface area (Å²) in [5, 5.41) is 0.458. The number of rotatable bonds is 4. The molecule has 2 aromatic rings. The van der Waals surface area contributed by atoms with E-state index in [-0.39, 0.29) is 10.6 Å². The third-order valence-corrected chi connectivity index (χ3v) is 4.78. The average Bonchev–Trinajstić information content (AvgIpc) is 2.42. The van der Waals surface area contributed by atoms with E-state index in [0.29, 0.717) is 16.5 Å². The molecule has 0 radical (unpaired) electrons. The van der Waals surface area contributed by atoms with Crippen molar-refractivity contribution in [2.24, 2.45) is 0 Å². The van der Waals surface area contributed by atoms with Crippen LogP contribution in [0.5, 0.6) is 5.75 Å². The molecule has 0 fully saturated rings. The summed E-state index contributed by atoms with van der Waals surface area (Å²) in [6.45, 7) is 4.05. The van der Waals surface area contributed by atoms with Crippen molar-refractivity contribution in [2.75, 3.05) is 12.8 Å². The molecule has 5 heteroatoms. The lowest BCUT2D eigenvalue weighted by Gasteiger charge is -2.26. The van der Waals surface area contributed by atoms with Gasteiger partial charge in [0.25, 0.3) is 0 Å². The molecule has 0 aliphatic rings. The van der Waals surface area contributed by atoms with Crippen molar-refractivity contribution in [3.8, 4) is 5.75 Å². The zero-order chi connectivity index (χ0) is 15.6. The van der Waals surface area contributed by atoms with Gasteiger partial charge in [-0.2, -0.15) is 0 Å². The van der Waals surface area contributed by atoms with Crippen LogP contribution in [0.25, 0.3) is 0 Å². The molecular formula is C16H17ClFNOS. The number of hydrogen-bond acceptors (Lipinski definition) is 3. The molecule has 112 valence electrons. The summed E-state index contributed by atoms with van der Waals surface area (Å²) in [4.78, 5) is 0.869. The molecule has 0 aliphatic heterocycles. The van der Waals surface area contributed by atoms with E-state index in [1.54, 1.807) is 43.1 Å². The quantitative estimate of drug-likeness (QED) is 0.627. The Hall–Kier alpha value is -1.39. The molecule has 2 nitrogen and oxygen atoms in total. The van der Waals surface area contributed by atoms with Gasteiger partial charge in [-0.05, 0) is 37.6 Å². The molecule has 0 heterocycles. The third kappa shape index (κ3) is 3.63. The Labute approximate surface area is 133 Å². The summed E-state index contributed by atoms with van der Waals surface area (Å²) in [7, 11) is 1.58. The minimum Gasteiger partial charge on any atom is -0.496 e. The second-order valence-electron chi connectivity index (χ2n) is 5.15. The third-order valence-electron chi connectivity index (χ3n) is 3.17. The largest absolute Gasteiger partial charge is 0.496 e. The highest BCUT2D eigenvalue weighted by Crippen LogP contribution is 2.46. The number of nitrogens with two attached hydrogens (primary N) is 1. The van der Waals surface area contributed by atoms with Gasteiger partial charge < -0.3 is 10.5 Å². The number of nitrogen functional groups attached to an aromatic ring is 1. The van der Waals surface area contributed by atoms with Crippen molar-refractivity contribution in [1.29, 1.82) is 0 Å². The zero-order valence-corrected chi connectivity index (χ0v) is 13.7. The van der Waals surface area contributed by atoms with Crippen LogP contribution >= 0.6 is 23.4 Å². The van der Waals surface area contributed by atoms with Gasteiger partial charge >= 0.3 is 0 Å². The van der Waals surface area contributed by atoms with Gasteiger partial charge in [0.1, 0.15) is 11.6 Å². The molecule has 0 unspecified atom stereocenters. The van der Waals surface area contributed by atoms with E-state index in [2.05, 4.69) is 0 Å². The Bertz CT molecular complexity index is 661. The summed E-state index contributed by atoms with van der Waals surface area (Å²) in [5.41, 5.74) is 7.25. The van der Waals surface area contributed by atoms with Crippen LogP contribution in [0, 0.1) is 5.82 Å². The number of halogens is 2. The molecule has 0 aromatic heterocycles. The van der Waals surface area contributed by atoms with E-state index in [1.165, 1.54) is 6.07 Å². The van der Waals surface area contributed by atoms with Gasteiger partial charge in [0.2, 0.25) is 0 Å². The van der Waals surface area contributed by atoms with Gasteiger partial charge in [-0.25, -0.2) is 4.39 Å². The first-order chi connectivity index (χ1) is 9.83. The number of ether oxygens (including phenoxy) is 1. The first-order valence-electron chi connectivity index (χ1n) is 6.41. The van der Waals surface area contributed by atoms with Crippen molar-refractivity contribution in [1.82, 2.24) is 0 Å². The maximum Gasteiger partial charge on any atom is 0.134 e. The highest BCUT2D eigenvalue weighted by Gasteiger charge is 2.24. The van der Waals surface area contributed by atoms with E-state index in [9.17, 15) is 4.39 Å². The van der Waals surface area contributed by atoms with Crippen LogP contribution in [0.1, 0.15) is 19.4 Å². The lowest BCUT2D eigenvalue weighted by molar-refractivity contribution is 0.404. The van der Waals surface area contributed by atoms with E-state index in [1.807, 2.05) is 19.9 Å². The number of anilines is 1. The smallest absolute Gasteiger partial charge is 0.134 e. The molecule has 0 spiro atoms. The van der Waals surface area contributed by atoms with Gasteiger partial charge in [0.05, 0.1) is 22.7 Å². The summed E-state index contributed by atoms with van der Waals surface area (Å²) in [6, 6.07) is 10.1. The van der Waals surface area contributed by atoms with E-state index in [0.717, 1.165) is 10.5 Å². The zero-order valence-electron chi connectivity index (χ0n) is 12.1. The van der Waals surface area contributed by atoms with Gasteiger partial charge in [-0.15, -0.1) is 11.8 Å². The number of hydrogen-bond donors (Lipinski definition) is 1.